The fourth-order valence-electron chi connectivity index (χ4n) is 3.79. The summed E-state index contributed by atoms with van der Waals surface area (Å²) in [6.07, 6.45) is 1.32. The molecule has 0 aliphatic heterocycles. The van der Waals surface area contributed by atoms with Crippen molar-refractivity contribution < 1.29 is 27.5 Å². The fraction of sp³-hybridized carbons (Fsp3) is 0.444. The lowest BCUT2D eigenvalue weighted by Gasteiger charge is -2.34. The second kappa shape index (κ2) is 12.2. The Morgan fingerprint density at radius 3 is 2.16 bits per heavy atom. The van der Waals surface area contributed by atoms with Crippen LogP contribution < -0.4 is 14.4 Å². The van der Waals surface area contributed by atoms with Crippen molar-refractivity contribution in [2.24, 2.45) is 0 Å². The highest BCUT2D eigenvalue weighted by molar-refractivity contribution is 7.92. The molecule has 37 heavy (non-hydrogen) atoms. The number of ketones is 1. The first-order chi connectivity index (χ1) is 17.2. The molecular formula is C27H37N3O6S. The normalized spacial score (nSPS) is 12.4. The van der Waals surface area contributed by atoms with Crippen molar-refractivity contribution in [3.8, 4) is 5.75 Å². The zero-order valence-corrected chi connectivity index (χ0v) is 23.4. The van der Waals surface area contributed by atoms with Crippen LogP contribution in [0.5, 0.6) is 5.75 Å². The molecule has 0 aliphatic rings. The van der Waals surface area contributed by atoms with E-state index in [9.17, 15) is 22.8 Å². The lowest BCUT2D eigenvalue weighted by Crippen LogP contribution is -2.55. The van der Waals surface area contributed by atoms with Crippen LogP contribution in [-0.2, 0) is 26.2 Å². The van der Waals surface area contributed by atoms with E-state index in [0.29, 0.717) is 17.7 Å². The second-order valence-electron chi connectivity index (χ2n) is 9.91. The first-order valence-electron chi connectivity index (χ1n) is 12.0. The molecule has 0 unspecified atom stereocenters. The monoisotopic (exact) mass is 531 g/mol. The smallest absolute Gasteiger partial charge is 0.244 e. The summed E-state index contributed by atoms with van der Waals surface area (Å²) in [5, 5.41) is 2.92. The zero-order valence-electron chi connectivity index (χ0n) is 22.6. The minimum absolute atomic E-state index is 0.0873. The minimum Gasteiger partial charge on any atom is -0.497 e. The number of methoxy groups -OCH3 is 1. The van der Waals surface area contributed by atoms with Gasteiger partial charge in [-0.3, -0.25) is 18.7 Å². The predicted molar refractivity (Wildman–Crippen MR) is 144 cm³/mol. The van der Waals surface area contributed by atoms with E-state index < -0.39 is 34.1 Å². The minimum atomic E-state index is -3.89. The van der Waals surface area contributed by atoms with E-state index in [2.05, 4.69) is 5.32 Å². The molecule has 0 aliphatic carbocycles. The first-order valence-corrected chi connectivity index (χ1v) is 13.8. The average Bonchev–Trinajstić information content (AvgIpc) is 2.80. The lowest BCUT2D eigenvalue weighted by atomic mass is 10.1. The van der Waals surface area contributed by atoms with Crippen LogP contribution in [-0.4, -0.2) is 62.4 Å². The molecular weight excluding hydrogens is 494 g/mol. The van der Waals surface area contributed by atoms with Crippen LogP contribution in [0.1, 0.15) is 57.0 Å². The number of carbonyl (C=O) groups is 3. The fourth-order valence-corrected chi connectivity index (χ4v) is 4.64. The van der Waals surface area contributed by atoms with Crippen molar-refractivity contribution in [3.05, 3.63) is 59.7 Å². The van der Waals surface area contributed by atoms with Gasteiger partial charge in [-0.2, -0.15) is 0 Å². The number of nitrogens with one attached hydrogen (secondary N) is 1. The van der Waals surface area contributed by atoms with E-state index in [-0.39, 0.29) is 23.9 Å². The van der Waals surface area contributed by atoms with Crippen LogP contribution in [0.25, 0.3) is 0 Å². The van der Waals surface area contributed by atoms with Gasteiger partial charge in [0.1, 0.15) is 18.3 Å². The third-order valence-electron chi connectivity index (χ3n) is 5.62. The van der Waals surface area contributed by atoms with Crippen molar-refractivity contribution >= 4 is 33.3 Å². The highest BCUT2D eigenvalue weighted by Crippen LogP contribution is 2.22. The van der Waals surface area contributed by atoms with E-state index in [4.69, 9.17) is 4.74 Å². The standard InChI is InChI=1S/C27H37N3O6S/c1-8-24(26(33)28-27(3,4)5)29(17-20-12-14-23(36-6)15-13-20)25(32)18-30(37(7,34)35)22-11-9-10-21(16-22)19(2)31/h9-16,24H,8,17-18H2,1-7H3,(H,28,33)/t24-/m0/s1. The maximum absolute atomic E-state index is 13.7. The Morgan fingerprint density at radius 2 is 1.68 bits per heavy atom. The van der Waals surface area contributed by atoms with E-state index in [1.165, 1.54) is 24.0 Å². The van der Waals surface area contributed by atoms with Gasteiger partial charge in [0.05, 0.1) is 19.1 Å². The van der Waals surface area contributed by atoms with Gasteiger partial charge in [0.25, 0.3) is 0 Å². The number of carbonyl (C=O) groups excluding carboxylic acids is 3. The van der Waals surface area contributed by atoms with Gasteiger partial charge in [-0.05, 0) is 63.9 Å². The van der Waals surface area contributed by atoms with Crippen molar-refractivity contribution in [1.29, 1.82) is 0 Å². The van der Waals surface area contributed by atoms with E-state index in [1.807, 2.05) is 20.8 Å². The summed E-state index contributed by atoms with van der Waals surface area (Å²) in [5.41, 5.74) is 0.746. The molecule has 2 rings (SSSR count). The Labute approximate surface area is 219 Å². The number of nitrogens with zero attached hydrogens (tertiary/aromatic N) is 2. The Balaban J connectivity index is 2.49. The van der Waals surface area contributed by atoms with Crippen LogP contribution in [0, 0.1) is 0 Å². The number of ether oxygens (including phenoxy) is 1. The summed E-state index contributed by atoms with van der Waals surface area (Å²) < 4.78 is 31.6. The van der Waals surface area contributed by atoms with E-state index in [0.717, 1.165) is 16.1 Å². The number of hydrogen-bond acceptors (Lipinski definition) is 6. The predicted octanol–water partition coefficient (Wildman–Crippen LogP) is 3.39. The van der Waals surface area contributed by atoms with Gasteiger partial charge in [-0.25, -0.2) is 8.42 Å². The third-order valence-corrected chi connectivity index (χ3v) is 6.76. The van der Waals surface area contributed by atoms with Crippen molar-refractivity contribution in [2.45, 2.75) is 59.2 Å². The van der Waals surface area contributed by atoms with Gasteiger partial charge in [-0.15, -0.1) is 0 Å². The molecule has 10 heteroatoms. The Morgan fingerprint density at radius 1 is 1.05 bits per heavy atom. The molecule has 2 aromatic rings. The number of Topliss-reactive ketones (excluding diaryl/α,β-unsaturated/α-hetero) is 1. The summed E-state index contributed by atoms with van der Waals surface area (Å²) in [4.78, 5) is 40.2. The van der Waals surface area contributed by atoms with Crippen LogP contribution >= 0.6 is 0 Å². The van der Waals surface area contributed by atoms with E-state index >= 15 is 0 Å². The molecule has 2 aromatic carbocycles. The van der Waals surface area contributed by atoms with E-state index in [1.54, 1.807) is 50.4 Å². The molecule has 0 heterocycles. The quantitative estimate of drug-likeness (QED) is 0.445. The third kappa shape index (κ3) is 8.59. The number of rotatable bonds is 11. The molecule has 0 radical (unpaired) electrons. The molecule has 1 N–H and O–H groups in total. The van der Waals surface area contributed by atoms with Crippen LogP contribution in [0.3, 0.4) is 0 Å². The first kappa shape index (κ1) is 29.8. The van der Waals surface area contributed by atoms with Crippen molar-refractivity contribution in [1.82, 2.24) is 10.2 Å². The number of benzene rings is 2. The van der Waals surface area contributed by atoms with Crippen LogP contribution in [0.4, 0.5) is 5.69 Å². The molecule has 0 fully saturated rings. The number of hydrogen-bond donors (Lipinski definition) is 1. The largest absolute Gasteiger partial charge is 0.497 e. The maximum atomic E-state index is 13.7. The molecule has 0 bridgehead atoms. The number of amides is 2. The highest BCUT2D eigenvalue weighted by atomic mass is 32.2. The molecule has 9 nitrogen and oxygen atoms in total. The van der Waals surface area contributed by atoms with Gasteiger partial charge >= 0.3 is 0 Å². The summed E-state index contributed by atoms with van der Waals surface area (Å²) in [7, 11) is -2.34. The van der Waals surface area contributed by atoms with Crippen LogP contribution in [0.15, 0.2) is 48.5 Å². The summed E-state index contributed by atoms with van der Waals surface area (Å²) in [6, 6.07) is 12.4. The zero-order chi connectivity index (χ0) is 28.0. The highest BCUT2D eigenvalue weighted by Gasteiger charge is 2.33. The number of sulfonamides is 1. The Bertz CT molecular complexity index is 1220. The van der Waals surface area contributed by atoms with Crippen molar-refractivity contribution in [3.63, 3.8) is 0 Å². The molecule has 0 saturated heterocycles. The van der Waals surface area contributed by atoms with Gasteiger partial charge < -0.3 is 15.0 Å². The molecule has 2 amide bonds. The molecule has 0 saturated carbocycles. The van der Waals surface area contributed by atoms with Crippen molar-refractivity contribution in [2.75, 3.05) is 24.2 Å². The average molecular weight is 532 g/mol. The molecule has 0 spiro atoms. The molecule has 1 atom stereocenters. The Kier molecular flexibility index (Phi) is 9.86. The number of anilines is 1. The van der Waals surface area contributed by atoms with Crippen LogP contribution in [0.2, 0.25) is 0 Å². The maximum Gasteiger partial charge on any atom is 0.244 e. The SMILES string of the molecule is CC[C@@H](C(=O)NC(C)(C)C)N(Cc1ccc(OC)cc1)C(=O)CN(c1cccc(C(C)=O)c1)S(C)(=O)=O. The van der Waals surface area contributed by atoms with Gasteiger partial charge in [0.15, 0.2) is 5.78 Å². The summed E-state index contributed by atoms with van der Waals surface area (Å²) in [5.74, 6) is -0.466. The van der Waals surface area contributed by atoms with Gasteiger partial charge in [-0.1, -0.05) is 31.2 Å². The van der Waals surface area contributed by atoms with Gasteiger partial charge in [0, 0.05) is 17.6 Å². The molecule has 202 valence electrons. The topological polar surface area (TPSA) is 113 Å². The lowest BCUT2D eigenvalue weighted by molar-refractivity contribution is -0.141. The second-order valence-corrected chi connectivity index (χ2v) is 11.8. The summed E-state index contributed by atoms with van der Waals surface area (Å²) >= 11 is 0. The van der Waals surface area contributed by atoms with Gasteiger partial charge in [0.2, 0.25) is 21.8 Å². The molecule has 0 aromatic heterocycles. The summed E-state index contributed by atoms with van der Waals surface area (Å²) in [6.45, 7) is 8.28. The Hall–Kier alpha value is -3.40.